The van der Waals surface area contributed by atoms with Crippen molar-refractivity contribution in [3.63, 3.8) is 0 Å². The van der Waals surface area contributed by atoms with Crippen molar-refractivity contribution in [1.29, 1.82) is 0 Å². The van der Waals surface area contributed by atoms with Gasteiger partial charge in [-0.05, 0) is 66.1 Å². The minimum atomic E-state index is -0.671. The smallest absolute Gasteiger partial charge is 0.412 e. The molecule has 0 unspecified atom stereocenters. The fraction of sp³-hybridized carbons (Fsp3) is 0.207. The van der Waals surface area contributed by atoms with Crippen molar-refractivity contribution in [2.45, 2.75) is 31.8 Å². The van der Waals surface area contributed by atoms with Crippen LogP contribution in [0.3, 0.4) is 0 Å². The van der Waals surface area contributed by atoms with Crippen LogP contribution in [0.5, 0.6) is 5.75 Å². The summed E-state index contributed by atoms with van der Waals surface area (Å²) in [5, 5.41) is 2.88. The maximum absolute atomic E-state index is 14.3. The molecule has 1 saturated carbocycles. The summed E-state index contributed by atoms with van der Waals surface area (Å²) in [5.74, 6) is 1.37. The molecule has 1 aromatic heterocycles. The van der Waals surface area contributed by atoms with E-state index in [1.807, 2.05) is 18.2 Å². The van der Waals surface area contributed by atoms with Crippen LogP contribution in [0, 0.1) is 5.13 Å². The number of thiophene rings is 1. The third kappa shape index (κ3) is 5.40. The molecule has 1 amide bonds. The first-order chi connectivity index (χ1) is 17.4. The van der Waals surface area contributed by atoms with Gasteiger partial charge in [0, 0.05) is 16.7 Å². The topological polar surface area (TPSA) is 47.6 Å². The molecule has 1 aliphatic rings. The molecule has 1 aliphatic carbocycles. The molecular weight excluding hydrogens is 497 g/mol. The number of anilines is 1. The largest absolute Gasteiger partial charge is 0.496 e. The van der Waals surface area contributed by atoms with Gasteiger partial charge in [0.25, 0.3) is 0 Å². The minimum absolute atomic E-state index is 0.342. The van der Waals surface area contributed by atoms with Crippen LogP contribution in [0.4, 0.5) is 14.9 Å². The molecule has 0 saturated heterocycles. The van der Waals surface area contributed by atoms with E-state index in [1.165, 1.54) is 24.5 Å². The number of amides is 1. The Bertz CT molecular complexity index is 1380. The van der Waals surface area contributed by atoms with Gasteiger partial charge in [0.05, 0.1) is 17.7 Å². The van der Waals surface area contributed by atoms with E-state index in [0.717, 1.165) is 33.6 Å². The molecule has 5 rings (SSSR count). The maximum atomic E-state index is 14.3. The van der Waals surface area contributed by atoms with E-state index in [4.69, 9.17) is 21.1 Å². The lowest BCUT2D eigenvalue weighted by atomic mass is 9.99. The lowest BCUT2D eigenvalue weighted by Crippen LogP contribution is -2.16. The van der Waals surface area contributed by atoms with Crippen LogP contribution in [0.1, 0.15) is 42.9 Å². The molecule has 1 atom stereocenters. The van der Waals surface area contributed by atoms with E-state index in [-0.39, 0.29) is 0 Å². The SMILES string of the molecule is COc1cc(-c2sc(F)cc2NC(=O)O[C@H](C)c2ccc(Cl)cc2)ccc1-c1ccc(C2CC2)cc1. The van der Waals surface area contributed by atoms with Gasteiger partial charge in [-0.3, -0.25) is 5.32 Å². The number of hydrogen-bond acceptors (Lipinski definition) is 4. The fourth-order valence-corrected chi connectivity index (χ4v) is 5.16. The van der Waals surface area contributed by atoms with Gasteiger partial charge >= 0.3 is 6.09 Å². The number of methoxy groups -OCH3 is 1. The van der Waals surface area contributed by atoms with Crippen LogP contribution in [-0.4, -0.2) is 13.2 Å². The van der Waals surface area contributed by atoms with Gasteiger partial charge in [-0.25, -0.2) is 4.79 Å². The number of benzene rings is 3. The van der Waals surface area contributed by atoms with Gasteiger partial charge in [0.1, 0.15) is 11.9 Å². The second-order valence-electron chi connectivity index (χ2n) is 8.83. The van der Waals surface area contributed by atoms with E-state index < -0.39 is 17.3 Å². The molecule has 1 heterocycles. The van der Waals surface area contributed by atoms with E-state index in [9.17, 15) is 9.18 Å². The molecule has 0 aliphatic heterocycles. The van der Waals surface area contributed by atoms with Crippen molar-refractivity contribution in [1.82, 2.24) is 0 Å². The zero-order chi connectivity index (χ0) is 25.2. The van der Waals surface area contributed by atoms with Crippen molar-refractivity contribution in [3.05, 3.63) is 94.1 Å². The standard InChI is InChI=1S/C29H25ClFNO3S/c1-17(18-9-12-23(30)13-10-18)35-29(33)32-25-16-27(31)36-28(25)22-11-14-24(26(15-22)34-2)21-7-5-20(6-8-21)19-3-4-19/h5-17,19H,3-4H2,1-2H3,(H,32,33)/t17-/m1/s1. The molecule has 7 heteroatoms. The minimum Gasteiger partial charge on any atom is -0.496 e. The summed E-state index contributed by atoms with van der Waals surface area (Å²) in [5.41, 5.74) is 5.26. The number of halogens is 2. The highest BCUT2D eigenvalue weighted by molar-refractivity contribution is 7.14. The molecule has 1 N–H and O–H groups in total. The third-order valence-electron chi connectivity index (χ3n) is 6.30. The van der Waals surface area contributed by atoms with Crippen LogP contribution >= 0.6 is 22.9 Å². The first kappa shape index (κ1) is 24.3. The van der Waals surface area contributed by atoms with Crippen molar-refractivity contribution in [3.8, 4) is 27.3 Å². The summed E-state index contributed by atoms with van der Waals surface area (Å²) < 4.78 is 25.5. The van der Waals surface area contributed by atoms with Crippen molar-refractivity contribution < 1.29 is 18.7 Å². The summed E-state index contributed by atoms with van der Waals surface area (Å²) in [6.07, 6.45) is 1.35. The number of nitrogens with one attached hydrogen (secondary N) is 1. The van der Waals surface area contributed by atoms with Crippen molar-refractivity contribution in [2.24, 2.45) is 0 Å². The van der Waals surface area contributed by atoms with Crippen LogP contribution in [0.2, 0.25) is 5.02 Å². The van der Waals surface area contributed by atoms with Crippen LogP contribution in [-0.2, 0) is 4.74 Å². The van der Waals surface area contributed by atoms with Crippen molar-refractivity contribution >= 4 is 34.7 Å². The van der Waals surface area contributed by atoms with Gasteiger partial charge in [-0.2, -0.15) is 4.39 Å². The Balaban J connectivity index is 1.35. The second-order valence-corrected chi connectivity index (χ2v) is 10.3. The van der Waals surface area contributed by atoms with E-state index in [0.29, 0.717) is 27.3 Å². The Hall–Kier alpha value is -3.35. The third-order valence-corrected chi connectivity index (χ3v) is 7.52. The normalized spacial score (nSPS) is 13.8. The van der Waals surface area contributed by atoms with Gasteiger partial charge in [0.2, 0.25) is 0 Å². The molecule has 4 aromatic rings. The molecular formula is C29H25ClFNO3S. The highest BCUT2D eigenvalue weighted by Crippen LogP contribution is 2.43. The number of rotatable bonds is 7. The Kier molecular flexibility index (Phi) is 6.99. The molecule has 0 radical (unpaired) electrons. The first-order valence-corrected chi connectivity index (χ1v) is 12.9. The summed E-state index contributed by atoms with van der Waals surface area (Å²) in [4.78, 5) is 13.2. The summed E-state index contributed by atoms with van der Waals surface area (Å²) in [6, 6.07) is 22.7. The van der Waals surface area contributed by atoms with E-state index >= 15 is 0 Å². The zero-order valence-electron chi connectivity index (χ0n) is 19.9. The van der Waals surface area contributed by atoms with Crippen LogP contribution < -0.4 is 10.1 Å². The monoisotopic (exact) mass is 521 g/mol. The zero-order valence-corrected chi connectivity index (χ0v) is 21.5. The molecule has 0 spiro atoms. The Labute approximate surface area is 218 Å². The Morgan fingerprint density at radius 3 is 2.39 bits per heavy atom. The van der Waals surface area contributed by atoms with E-state index in [1.54, 1.807) is 38.3 Å². The summed E-state index contributed by atoms with van der Waals surface area (Å²) in [7, 11) is 1.62. The highest BCUT2D eigenvalue weighted by Gasteiger charge is 2.23. The summed E-state index contributed by atoms with van der Waals surface area (Å²) >= 11 is 6.88. The maximum Gasteiger partial charge on any atom is 0.412 e. The molecule has 184 valence electrons. The molecule has 4 nitrogen and oxygen atoms in total. The molecule has 36 heavy (non-hydrogen) atoms. The van der Waals surface area contributed by atoms with Crippen molar-refractivity contribution in [2.75, 3.05) is 12.4 Å². The van der Waals surface area contributed by atoms with Crippen LogP contribution in [0.25, 0.3) is 21.6 Å². The average Bonchev–Trinajstić information content (AvgIpc) is 3.67. The molecule has 0 bridgehead atoms. The van der Waals surface area contributed by atoms with Gasteiger partial charge in [-0.1, -0.05) is 60.1 Å². The number of ether oxygens (including phenoxy) is 2. The highest BCUT2D eigenvalue weighted by atomic mass is 35.5. The molecule has 3 aromatic carbocycles. The van der Waals surface area contributed by atoms with Gasteiger partial charge in [0.15, 0.2) is 5.13 Å². The first-order valence-electron chi connectivity index (χ1n) is 11.7. The Morgan fingerprint density at radius 1 is 1.03 bits per heavy atom. The quantitative estimate of drug-likeness (QED) is 0.264. The average molecular weight is 522 g/mol. The summed E-state index contributed by atoms with van der Waals surface area (Å²) in [6.45, 7) is 1.76. The van der Waals surface area contributed by atoms with Gasteiger partial charge in [-0.15, -0.1) is 11.3 Å². The lowest BCUT2D eigenvalue weighted by Gasteiger charge is -2.15. The lowest BCUT2D eigenvalue weighted by molar-refractivity contribution is 0.121. The van der Waals surface area contributed by atoms with Crippen LogP contribution in [0.15, 0.2) is 72.8 Å². The number of carbonyl (C=O) groups excluding carboxylic acids is 1. The predicted octanol–water partition coefficient (Wildman–Crippen LogP) is 9.07. The Morgan fingerprint density at radius 2 is 1.72 bits per heavy atom. The predicted molar refractivity (Wildman–Crippen MR) is 144 cm³/mol. The number of hydrogen-bond donors (Lipinski definition) is 1. The number of carbonyl (C=O) groups is 1. The van der Waals surface area contributed by atoms with Gasteiger partial charge < -0.3 is 9.47 Å². The van der Waals surface area contributed by atoms with E-state index in [2.05, 4.69) is 29.6 Å². The second kappa shape index (κ2) is 10.3. The fourth-order valence-electron chi connectivity index (χ4n) is 4.19. The molecule has 1 fully saturated rings.